The number of aliphatic hydroxyl groups is 2. The molecule has 7 rings (SSSR count). The maximum atomic E-state index is 14.8. The van der Waals surface area contributed by atoms with Crippen molar-refractivity contribution in [2.45, 2.75) is 211 Å². The highest BCUT2D eigenvalue weighted by molar-refractivity contribution is 6.32. The predicted octanol–water partition coefficient (Wildman–Crippen LogP) is 5.24. The first-order valence-corrected chi connectivity index (χ1v) is 29.6. The van der Waals surface area contributed by atoms with Crippen LogP contribution < -0.4 is 15.5 Å². The number of nitrogens with one attached hydrogen (secondary N) is 1. The summed E-state index contributed by atoms with van der Waals surface area (Å²) in [6, 6.07) is 2.32. The number of methoxy groups -OCH3 is 1. The Morgan fingerprint density at radius 3 is 2.29 bits per heavy atom. The number of hydrogen-bond acceptors (Lipinski definition) is 21. The number of esters is 2. The van der Waals surface area contributed by atoms with Gasteiger partial charge in [-0.1, -0.05) is 32.4 Å². The van der Waals surface area contributed by atoms with Gasteiger partial charge in [0.05, 0.1) is 65.1 Å². The minimum Gasteiger partial charge on any atom is -0.490 e. The zero-order chi connectivity index (χ0) is 61.9. The summed E-state index contributed by atoms with van der Waals surface area (Å²) in [5.41, 5.74) is -4.80. The number of pyridine rings is 1. The first-order chi connectivity index (χ1) is 39.4. The molecule has 0 spiro atoms. The van der Waals surface area contributed by atoms with E-state index in [1.54, 1.807) is 52.2 Å². The molecule has 4 aliphatic heterocycles. The van der Waals surface area contributed by atoms with Gasteiger partial charge >= 0.3 is 24.1 Å². The first-order valence-electron chi connectivity index (χ1n) is 29.3. The second kappa shape index (κ2) is 27.5. The Labute approximate surface area is 496 Å². The number of carbonyl (C=O) groups excluding carboxylic acids is 4. The number of aliphatic hydroxyl groups excluding tert-OH is 1. The van der Waals surface area contributed by atoms with Gasteiger partial charge in [-0.25, -0.2) is 9.59 Å². The molecule has 5 heterocycles. The van der Waals surface area contributed by atoms with Crippen molar-refractivity contribution >= 4 is 52.5 Å². The molecule has 1 aromatic carbocycles. The van der Waals surface area contributed by atoms with Gasteiger partial charge in [0.15, 0.2) is 30.4 Å². The van der Waals surface area contributed by atoms with E-state index in [1.165, 1.54) is 19.4 Å². The molecule has 1 aromatic heterocycles. The maximum Gasteiger partial charge on any atom is 0.509 e. The number of nitrogens with zero attached hydrogens (tertiary/aromatic N) is 3. The molecule has 2 aromatic rings. The number of halogens is 1. The van der Waals surface area contributed by atoms with Crippen LogP contribution in [-0.2, 0) is 61.8 Å². The number of ether oxygens (including phenoxy) is 11. The molecule has 1 aliphatic carbocycles. The van der Waals surface area contributed by atoms with Crippen LogP contribution in [0.3, 0.4) is 0 Å². The van der Waals surface area contributed by atoms with E-state index < -0.39 is 132 Å². The number of hydrogen-bond donors (Lipinski definition) is 4. The van der Waals surface area contributed by atoms with Crippen molar-refractivity contribution < 1.29 is 91.4 Å². The molecule has 4 N–H and O–H groups in total. The molecule has 24 nitrogen and oxygen atoms in total. The molecule has 0 unspecified atom stereocenters. The Morgan fingerprint density at radius 2 is 1.64 bits per heavy atom. The lowest BCUT2D eigenvalue weighted by atomic mass is 9.77. The zero-order valence-corrected chi connectivity index (χ0v) is 51.7. The van der Waals surface area contributed by atoms with Gasteiger partial charge < -0.3 is 82.2 Å². The number of carboxylic acids is 1. The second-order valence-electron chi connectivity index (χ2n) is 24.6. The standard InChI is InChI=1S/C59H89ClN4O20/c1-15-43-59(10)51(83-56(72)84-59)34(6)63(13)28-30(2)25-57(8,73)50(82-55-48(68)41(62(11)12)22-31(3)77-55)32(4)49(33(5)54(71)79-43)81-46-26-58(9,74-14)52(35(7)78-46)80-45(66)27-61-44(65)18-19-75-20-21-76-42-23-37-40(24-39(42)60)64(36-16-17-36)29-38(47(37)67)53(69)70/h23-24,29-36,41,43,46,48-52,55,68,73H,15-22,25-28H2,1-14H3,(H,61,65)(H,69,70)/t30-,31-,32+,33-,34-,35+,41+,43-,46+,48-,49+,50+,51-,52+,55+,57-,58-,59-/m1/s1. The van der Waals surface area contributed by atoms with Gasteiger partial charge in [-0.05, 0) is 120 Å². The topological polar surface area (TPSA) is 288 Å². The highest BCUT2D eigenvalue weighted by atomic mass is 35.5. The van der Waals surface area contributed by atoms with Gasteiger partial charge in [0.25, 0.3) is 0 Å². The second-order valence-corrected chi connectivity index (χ2v) is 25.0. The molecule has 1 amide bonds. The van der Waals surface area contributed by atoms with Crippen LogP contribution in [0.5, 0.6) is 5.75 Å². The molecular weight excluding hydrogens is 1120 g/mol. The quantitative estimate of drug-likeness (QED) is 0.0795. The largest absolute Gasteiger partial charge is 0.509 e. The number of aromatic carboxylic acids is 1. The Kier molecular flexibility index (Phi) is 21.9. The molecule has 25 heteroatoms. The number of carbonyl (C=O) groups is 5. The SMILES string of the molecule is CC[C@H]1OC(=O)[C@H](C)[C@@H](O[C@H]2C[C@@](C)(OC)[C@@H](OC(=O)CNC(=O)CCOCCOc3cc4c(=O)c(C(=O)O)cn(C5CC5)c4cc3Cl)[C@H](C)O2)[C@H](C)[C@H](O[C@@H]2O[C@H](C)C[C@H](N(C)C)[C@H]2O)[C@](C)(O)C[C@@H](C)CN(C)[C@H](C)[C@H]2OC(=O)O[C@@]21C. The molecule has 1 saturated carbocycles. The van der Waals surface area contributed by atoms with Crippen LogP contribution in [0.15, 0.2) is 23.1 Å². The molecule has 5 aliphatic rings. The molecule has 4 saturated heterocycles. The van der Waals surface area contributed by atoms with E-state index >= 15 is 0 Å². The van der Waals surface area contributed by atoms with Crippen LogP contribution in [0.25, 0.3) is 10.9 Å². The van der Waals surface area contributed by atoms with Gasteiger partial charge in [-0.2, -0.15) is 0 Å². The highest BCUT2D eigenvalue weighted by Gasteiger charge is 2.59. The number of benzene rings is 1. The van der Waals surface area contributed by atoms with Crippen LogP contribution in [0.1, 0.15) is 131 Å². The van der Waals surface area contributed by atoms with Gasteiger partial charge in [0, 0.05) is 56.7 Å². The number of aromatic nitrogens is 1. The van der Waals surface area contributed by atoms with Crippen LogP contribution in [0.2, 0.25) is 5.02 Å². The van der Waals surface area contributed by atoms with E-state index in [0.717, 1.165) is 12.8 Å². The van der Waals surface area contributed by atoms with E-state index in [4.69, 9.17) is 63.7 Å². The minimum absolute atomic E-state index is 0.00706. The van der Waals surface area contributed by atoms with Crippen molar-refractivity contribution in [2.75, 3.05) is 61.2 Å². The minimum atomic E-state index is -1.66. The molecular formula is C59H89ClN4O20. The lowest BCUT2D eigenvalue weighted by Gasteiger charge is -2.49. The summed E-state index contributed by atoms with van der Waals surface area (Å²) in [6.45, 7) is 17.7. The lowest BCUT2D eigenvalue weighted by molar-refractivity contribution is -0.318. The Bertz CT molecular complexity index is 2730. The van der Waals surface area contributed by atoms with Crippen LogP contribution >= 0.6 is 11.6 Å². The lowest BCUT2D eigenvalue weighted by Crippen LogP contribution is -2.61. The van der Waals surface area contributed by atoms with Crippen molar-refractivity contribution in [3.63, 3.8) is 0 Å². The third kappa shape index (κ3) is 15.1. The van der Waals surface area contributed by atoms with Crippen molar-refractivity contribution in [2.24, 2.45) is 17.8 Å². The molecule has 0 radical (unpaired) electrons. The number of rotatable bonds is 19. The normalized spacial score (nSPS) is 36.4. The zero-order valence-electron chi connectivity index (χ0n) is 51.0. The van der Waals surface area contributed by atoms with Gasteiger partial charge in [0.1, 0.15) is 42.3 Å². The van der Waals surface area contributed by atoms with Gasteiger partial charge in [-0.3, -0.25) is 24.1 Å². The molecule has 472 valence electrons. The summed E-state index contributed by atoms with van der Waals surface area (Å²) in [6.07, 6.45) is -6.84. The number of fused-ring (bicyclic) bond motifs is 2. The van der Waals surface area contributed by atoms with Crippen LogP contribution in [-0.4, -0.2) is 211 Å². The van der Waals surface area contributed by atoms with Crippen molar-refractivity contribution in [3.8, 4) is 5.75 Å². The Balaban J connectivity index is 1.02. The number of cyclic esters (lactones) is 1. The Hall–Kier alpha value is -4.73. The van der Waals surface area contributed by atoms with Crippen LogP contribution in [0.4, 0.5) is 4.79 Å². The van der Waals surface area contributed by atoms with Crippen LogP contribution in [0, 0.1) is 17.8 Å². The van der Waals surface area contributed by atoms with Crippen molar-refractivity contribution in [3.05, 3.63) is 39.1 Å². The summed E-state index contributed by atoms with van der Waals surface area (Å²) in [5, 5.41) is 37.2. The molecule has 0 bridgehead atoms. The van der Waals surface area contributed by atoms with E-state index in [2.05, 4.69) is 5.32 Å². The summed E-state index contributed by atoms with van der Waals surface area (Å²) >= 11 is 6.52. The monoisotopic (exact) mass is 1210 g/mol. The highest BCUT2D eigenvalue weighted by Crippen LogP contribution is 2.43. The summed E-state index contributed by atoms with van der Waals surface area (Å²) < 4.78 is 69.8. The fraction of sp³-hybridized carbons (Fsp3) is 0.763. The van der Waals surface area contributed by atoms with Crippen molar-refractivity contribution in [1.82, 2.24) is 19.7 Å². The number of carboxylic acid groups (broad SMARTS) is 1. The molecule has 84 heavy (non-hydrogen) atoms. The van der Waals surface area contributed by atoms with Gasteiger partial charge in [-0.15, -0.1) is 0 Å². The fourth-order valence-electron chi connectivity index (χ4n) is 12.7. The van der Waals surface area contributed by atoms with E-state index in [0.29, 0.717) is 18.5 Å². The number of amides is 1. The fourth-order valence-corrected chi connectivity index (χ4v) is 13.0. The van der Waals surface area contributed by atoms with E-state index in [9.17, 15) is 44.1 Å². The summed E-state index contributed by atoms with van der Waals surface area (Å²) in [7, 11) is 7.06. The molecule has 5 fully saturated rings. The third-order valence-corrected chi connectivity index (χ3v) is 17.8. The van der Waals surface area contributed by atoms with Gasteiger partial charge in [0.2, 0.25) is 11.3 Å². The van der Waals surface area contributed by atoms with E-state index in [1.807, 2.05) is 58.6 Å². The average molecular weight is 1210 g/mol. The maximum absolute atomic E-state index is 14.8. The van der Waals surface area contributed by atoms with E-state index in [-0.39, 0.29) is 91.3 Å². The molecule has 18 atom stereocenters. The smallest absolute Gasteiger partial charge is 0.490 e. The Morgan fingerprint density at radius 1 is 0.940 bits per heavy atom. The third-order valence-electron chi connectivity index (χ3n) is 17.5. The first kappa shape index (κ1) is 66.8. The average Bonchev–Trinajstić information content (AvgIpc) is 1.85. The number of likely N-dealkylation sites (N-methyl/N-ethyl adjacent to an activating group) is 2. The van der Waals surface area contributed by atoms with Crippen molar-refractivity contribution in [1.29, 1.82) is 0 Å². The summed E-state index contributed by atoms with van der Waals surface area (Å²) in [5.74, 6) is -5.35. The predicted molar refractivity (Wildman–Crippen MR) is 304 cm³/mol. The summed E-state index contributed by atoms with van der Waals surface area (Å²) in [4.78, 5) is 82.9.